The van der Waals surface area contributed by atoms with Crippen molar-refractivity contribution in [1.29, 1.82) is 0 Å². The Hall–Kier alpha value is -3.00. The Kier molecular flexibility index (Phi) is 6.12. The van der Waals surface area contributed by atoms with E-state index in [1.54, 1.807) is 19.1 Å². The molecule has 1 atom stereocenters. The van der Waals surface area contributed by atoms with Gasteiger partial charge in [-0.1, -0.05) is 25.1 Å². The molecule has 2 aromatic heterocycles. The summed E-state index contributed by atoms with van der Waals surface area (Å²) in [7, 11) is 0. The maximum absolute atomic E-state index is 11.8. The predicted molar refractivity (Wildman–Crippen MR) is 107 cm³/mol. The van der Waals surface area contributed by atoms with E-state index in [4.69, 9.17) is 9.15 Å². The molecule has 2 N–H and O–H groups in total. The van der Waals surface area contributed by atoms with Gasteiger partial charge >= 0.3 is 5.97 Å². The molecule has 154 valence electrons. The lowest BCUT2D eigenvalue weighted by Gasteiger charge is -2.25. The molecule has 0 aliphatic heterocycles. The van der Waals surface area contributed by atoms with Crippen LogP contribution in [-0.2, 0) is 16.8 Å². The lowest BCUT2D eigenvalue weighted by Crippen LogP contribution is -2.93. The molecule has 3 aromatic rings. The highest BCUT2D eigenvalue weighted by Gasteiger charge is 2.36. The number of furan rings is 1. The van der Waals surface area contributed by atoms with E-state index in [1.807, 2.05) is 10.7 Å². The van der Waals surface area contributed by atoms with E-state index in [1.165, 1.54) is 0 Å². The van der Waals surface area contributed by atoms with Crippen LogP contribution in [0.3, 0.4) is 0 Å². The largest absolute Gasteiger partial charge is 0.460 e. The number of hydrogen-bond donors (Lipinski definition) is 1. The molecule has 1 aromatic carbocycles. The summed E-state index contributed by atoms with van der Waals surface area (Å²) >= 11 is 0. The zero-order valence-electron chi connectivity index (χ0n) is 17.6. The summed E-state index contributed by atoms with van der Waals surface area (Å²) in [5, 5.41) is 14.7. The van der Waals surface area contributed by atoms with Gasteiger partial charge in [0.1, 0.15) is 6.54 Å². The van der Waals surface area contributed by atoms with E-state index in [-0.39, 0.29) is 11.3 Å². The molecule has 0 saturated heterocycles. The summed E-state index contributed by atoms with van der Waals surface area (Å²) in [5.41, 5.74) is 2.85. The summed E-state index contributed by atoms with van der Waals surface area (Å²) in [4.78, 5) is 11.8. The number of tetrazole rings is 1. The highest BCUT2D eigenvalue weighted by Crippen LogP contribution is 2.24. The average Bonchev–Trinajstić information content (AvgIpc) is 3.36. The van der Waals surface area contributed by atoms with Gasteiger partial charge in [0.2, 0.25) is 11.6 Å². The lowest BCUT2D eigenvalue weighted by atomic mass is 9.97. The summed E-state index contributed by atoms with van der Waals surface area (Å²) in [6, 6.07) is 9.58. The van der Waals surface area contributed by atoms with E-state index >= 15 is 0 Å². The van der Waals surface area contributed by atoms with Crippen LogP contribution in [0.4, 0.5) is 0 Å². The number of aryl methyl sites for hydroxylation is 2. The van der Waals surface area contributed by atoms with E-state index in [0.717, 1.165) is 29.1 Å². The van der Waals surface area contributed by atoms with Crippen molar-refractivity contribution in [1.82, 2.24) is 20.2 Å². The van der Waals surface area contributed by atoms with Crippen LogP contribution in [0.2, 0.25) is 0 Å². The quantitative estimate of drug-likeness (QED) is 0.585. The van der Waals surface area contributed by atoms with Crippen molar-refractivity contribution in [2.24, 2.45) is 0 Å². The first-order valence-electron chi connectivity index (χ1n) is 9.85. The van der Waals surface area contributed by atoms with Crippen LogP contribution in [0.1, 0.15) is 60.5 Å². The second-order valence-corrected chi connectivity index (χ2v) is 7.32. The Labute approximate surface area is 170 Å². The first-order chi connectivity index (χ1) is 13.9. The Morgan fingerprint density at radius 2 is 1.93 bits per heavy atom. The van der Waals surface area contributed by atoms with E-state index in [2.05, 4.69) is 60.7 Å². The number of ether oxygens (including phenoxy) is 1. The van der Waals surface area contributed by atoms with Gasteiger partial charge in [0.15, 0.2) is 11.3 Å². The maximum Gasteiger partial charge on any atom is 0.374 e. The Balaban J connectivity index is 1.85. The fourth-order valence-electron chi connectivity index (χ4n) is 3.35. The SMILES string of the molecule is CCOC(=O)c1ccc(C[NH2+][C@](C)(CC)c2nnnn2-c2c(C)cccc2C)o1. The fraction of sp³-hybridized carbons (Fsp3) is 0.429. The number of nitrogens with zero attached hydrogens (tertiary/aromatic N) is 4. The van der Waals surface area contributed by atoms with Crippen molar-refractivity contribution in [2.45, 2.75) is 53.1 Å². The molecule has 0 aliphatic rings. The zero-order chi connectivity index (χ0) is 21.0. The second kappa shape index (κ2) is 8.57. The number of nitrogens with two attached hydrogens (primary N) is 1. The van der Waals surface area contributed by atoms with Crippen molar-refractivity contribution in [2.75, 3.05) is 6.61 Å². The minimum Gasteiger partial charge on any atom is -0.460 e. The summed E-state index contributed by atoms with van der Waals surface area (Å²) < 4.78 is 12.5. The Bertz CT molecular complexity index is 974. The standard InChI is InChI=1S/C21H27N5O3/c1-6-21(5,22-13-16-11-12-17(29-16)19(27)28-7-2)20-23-24-25-26(20)18-14(3)9-8-10-15(18)4/h8-12,22H,6-7,13H2,1-5H3/p+1/t21-/m1/s1. The molecule has 2 heterocycles. The van der Waals surface area contributed by atoms with Crippen LogP contribution < -0.4 is 5.32 Å². The molecular formula is C21H28N5O3+. The fourth-order valence-corrected chi connectivity index (χ4v) is 3.35. The van der Waals surface area contributed by atoms with Crippen LogP contribution >= 0.6 is 0 Å². The number of hydrogen-bond acceptors (Lipinski definition) is 6. The maximum atomic E-state index is 11.8. The monoisotopic (exact) mass is 398 g/mol. The molecule has 0 fully saturated rings. The number of quaternary nitrogens is 1. The number of aromatic nitrogens is 4. The molecular weight excluding hydrogens is 370 g/mol. The Morgan fingerprint density at radius 1 is 1.21 bits per heavy atom. The number of carbonyl (C=O) groups is 1. The molecule has 0 aliphatic carbocycles. The number of carbonyl (C=O) groups excluding carboxylic acids is 1. The normalized spacial score (nSPS) is 13.3. The average molecular weight is 398 g/mol. The van der Waals surface area contributed by atoms with Gasteiger partial charge in [0, 0.05) is 6.42 Å². The van der Waals surface area contributed by atoms with Gasteiger partial charge in [-0.2, -0.15) is 4.68 Å². The molecule has 29 heavy (non-hydrogen) atoms. The van der Waals surface area contributed by atoms with Crippen molar-refractivity contribution in [3.8, 4) is 5.69 Å². The molecule has 0 bridgehead atoms. The zero-order valence-corrected chi connectivity index (χ0v) is 17.6. The van der Waals surface area contributed by atoms with Crippen molar-refractivity contribution >= 4 is 5.97 Å². The van der Waals surface area contributed by atoms with Gasteiger partial charge in [-0.15, -0.1) is 5.10 Å². The topological polar surface area (TPSA) is 99.6 Å². The number of esters is 1. The summed E-state index contributed by atoms with van der Waals surface area (Å²) in [5.74, 6) is 1.23. The van der Waals surface area contributed by atoms with Crippen LogP contribution in [0.15, 0.2) is 34.7 Å². The smallest absolute Gasteiger partial charge is 0.374 e. The highest BCUT2D eigenvalue weighted by atomic mass is 16.5. The molecule has 8 nitrogen and oxygen atoms in total. The van der Waals surface area contributed by atoms with Gasteiger partial charge in [0.05, 0.1) is 12.3 Å². The third kappa shape index (κ3) is 4.22. The predicted octanol–water partition coefficient (Wildman–Crippen LogP) is 2.44. The van der Waals surface area contributed by atoms with Gasteiger partial charge in [-0.25, -0.2) is 4.79 Å². The highest BCUT2D eigenvalue weighted by molar-refractivity contribution is 5.86. The third-order valence-corrected chi connectivity index (χ3v) is 5.26. The van der Waals surface area contributed by atoms with Crippen molar-refractivity contribution in [3.63, 3.8) is 0 Å². The van der Waals surface area contributed by atoms with Gasteiger partial charge in [-0.05, 0) is 61.4 Å². The third-order valence-electron chi connectivity index (χ3n) is 5.26. The number of rotatable bonds is 8. The number of benzene rings is 1. The molecule has 0 saturated carbocycles. The first-order valence-corrected chi connectivity index (χ1v) is 9.85. The second-order valence-electron chi connectivity index (χ2n) is 7.32. The molecule has 3 rings (SSSR count). The minimum absolute atomic E-state index is 0.217. The Morgan fingerprint density at radius 3 is 2.59 bits per heavy atom. The summed E-state index contributed by atoms with van der Waals surface area (Å²) in [6.07, 6.45) is 0.809. The molecule has 8 heteroatoms. The minimum atomic E-state index is -0.448. The molecule has 0 unspecified atom stereocenters. The van der Waals surface area contributed by atoms with E-state index < -0.39 is 5.97 Å². The molecule has 0 spiro atoms. The summed E-state index contributed by atoms with van der Waals surface area (Å²) in [6.45, 7) is 11.0. The lowest BCUT2D eigenvalue weighted by molar-refractivity contribution is -0.750. The van der Waals surface area contributed by atoms with Crippen LogP contribution in [0, 0.1) is 13.8 Å². The van der Waals surface area contributed by atoms with Crippen molar-refractivity contribution < 1.29 is 19.3 Å². The van der Waals surface area contributed by atoms with Crippen LogP contribution in [-0.4, -0.2) is 32.8 Å². The van der Waals surface area contributed by atoms with Crippen molar-refractivity contribution in [3.05, 3.63) is 58.8 Å². The van der Waals surface area contributed by atoms with Crippen LogP contribution in [0.25, 0.3) is 5.69 Å². The van der Waals surface area contributed by atoms with Gasteiger partial charge < -0.3 is 14.5 Å². The molecule has 0 amide bonds. The van der Waals surface area contributed by atoms with Gasteiger partial charge in [0.25, 0.3) is 0 Å². The van der Waals surface area contributed by atoms with E-state index in [0.29, 0.717) is 18.9 Å². The number of para-hydroxylation sites is 1. The van der Waals surface area contributed by atoms with Crippen LogP contribution in [0.5, 0.6) is 0 Å². The molecule has 0 radical (unpaired) electrons. The first kappa shape index (κ1) is 20.7. The van der Waals surface area contributed by atoms with E-state index in [9.17, 15) is 4.79 Å². The van der Waals surface area contributed by atoms with Gasteiger partial charge in [-0.3, -0.25) is 0 Å².